The average Bonchev–Trinajstić information content (AvgIpc) is 2.20. The zero-order chi connectivity index (χ0) is 11.1. The molecule has 0 amide bonds. The first-order valence-electron chi connectivity index (χ1n) is 6.50. The minimum Gasteiger partial charge on any atom is -0.660 e. The van der Waals surface area contributed by atoms with Gasteiger partial charge >= 0.3 is 0 Å². The maximum absolute atomic E-state index is 4.80. The predicted octanol–water partition coefficient (Wildman–Crippen LogP) is 3.28. The molecule has 0 atom stereocenters. The third kappa shape index (κ3) is 6.16. The summed E-state index contributed by atoms with van der Waals surface area (Å²) in [5.74, 6) is 0.949. The van der Waals surface area contributed by atoms with Crippen molar-refractivity contribution in [2.75, 3.05) is 27.2 Å². The van der Waals surface area contributed by atoms with Gasteiger partial charge in [0.15, 0.2) is 0 Å². The maximum Gasteiger partial charge on any atom is -0.00255 e. The minimum absolute atomic E-state index is 0.695. The molecule has 0 radical (unpaired) electrons. The molecular weight excluding hydrogens is 184 g/mol. The average molecular weight is 211 g/mol. The summed E-state index contributed by atoms with van der Waals surface area (Å²) in [6.07, 6.45) is 8.03. The van der Waals surface area contributed by atoms with Gasteiger partial charge in [0.25, 0.3) is 0 Å². The lowest BCUT2D eigenvalue weighted by molar-refractivity contribution is 0.361. The Kier molecular flexibility index (Phi) is 6.26. The van der Waals surface area contributed by atoms with E-state index < -0.39 is 0 Å². The van der Waals surface area contributed by atoms with Crippen LogP contribution in [0.15, 0.2) is 0 Å². The van der Waals surface area contributed by atoms with E-state index in [-0.39, 0.29) is 0 Å². The molecule has 0 saturated heterocycles. The van der Waals surface area contributed by atoms with E-state index in [4.69, 9.17) is 5.32 Å². The minimum atomic E-state index is 0.695. The molecule has 0 aromatic heterocycles. The summed E-state index contributed by atoms with van der Waals surface area (Å²) in [4.78, 5) is 2.25. The highest BCUT2D eigenvalue weighted by atomic mass is 15.0. The fourth-order valence-corrected chi connectivity index (χ4v) is 2.24. The van der Waals surface area contributed by atoms with Gasteiger partial charge in [-0.2, -0.15) is 0 Å². The van der Waals surface area contributed by atoms with Gasteiger partial charge in [-0.15, -0.1) is 12.6 Å². The highest BCUT2D eigenvalue weighted by molar-refractivity contribution is 4.93. The Morgan fingerprint density at radius 2 is 1.73 bits per heavy atom. The molecule has 0 heterocycles. The van der Waals surface area contributed by atoms with E-state index in [0.29, 0.717) is 6.04 Å². The smallest absolute Gasteiger partial charge is 0.00255 e. The summed E-state index contributed by atoms with van der Waals surface area (Å²) >= 11 is 0. The number of hydrogen-bond donors (Lipinski definition) is 0. The van der Waals surface area contributed by atoms with Gasteiger partial charge in [-0.3, -0.25) is 0 Å². The second kappa shape index (κ2) is 7.24. The fourth-order valence-electron chi connectivity index (χ4n) is 2.24. The van der Waals surface area contributed by atoms with Crippen molar-refractivity contribution in [3.05, 3.63) is 5.32 Å². The van der Waals surface area contributed by atoms with Gasteiger partial charge in [0.05, 0.1) is 0 Å². The first kappa shape index (κ1) is 13.0. The Morgan fingerprint density at radius 1 is 1.07 bits per heavy atom. The molecule has 0 unspecified atom stereocenters. The van der Waals surface area contributed by atoms with Crippen LogP contribution >= 0.6 is 0 Å². The summed E-state index contributed by atoms with van der Waals surface area (Å²) in [7, 11) is 4.28. The van der Waals surface area contributed by atoms with Crippen LogP contribution in [0.5, 0.6) is 0 Å². The van der Waals surface area contributed by atoms with Gasteiger partial charge in [-0.25, -0.2) is 0 Å². The van der Waals surface area contributed by atoms with Crippen LogP contribution in [-0.2, 0) is 0 Å². The van der Waals surface area contributed by atoms with E-state index >= 15 is 0 Å². The Balaban J connectivity index is 1.91. The summed E-state index contributed by atoms with van der Waals surface area (Å²) < 4.78 is 0. The summed E-state index contributed by atoms with van der Waals surface area (Å²) in [5.41, 5.74) is 0. The lowest BCUT2D eigenvalue weighted by Crippen LogP contribution is -2.17. The van der Waals surface area contributed by atoms with Gasteiger partial charge in [-0.1, -0.05) is 39.0 Å². The molecule has 1 fully saturated rings. The van der Waals surface area contributed by atoms with E-state index in [1.807, 2.05) is 0 Å². The van der Waals surface area contributed by atoms with Crippen molar-refractivity contribution in [1.29, 1.82) is 0 Å². The molecule has 2 heteroatoms. The molecule has 0 aromatic carbocycles. The predicted molar refractivity (Wildman–Crippen MR) is 67.4 cm³/mol. The number of rotatable bonds is 6. The van der Waals surface area contributed by atoms with E-state index in [9.17, 15) is 0 Å². The van der Waals surface area contributed by atoms with E-state index in [2.05, 4.69) is 25.9 Å². The Hall–Kier alpha value is -0.0800. The van der Waals surface area contributed by atoms with E-state index in [1.54, 1.807) is 0 Å². The van der Waals surface area contributed by atoms with Gasteiger partial charge in [0, 0.05) is 0 Å². The van der Waals surface area contributed by atoms with Crippen molar-refractivity contribution >= 4 is 0 Å². The number of hydrogen-bond acceptors (Lipinski definition) is 1. The van der Waals surface area contributed by atoms with E-state index in [1.165, 1.54) is 45.1 Å². The van der Waals surface area contributed by atoms with E-state index in [0.717, 1.165) is 12.5 Å². The van der Waals surface area contributed by atoms with Crippen molar-refractivity contribution in [2.24, 2.45) is 5.92 Å². The quantitative estimate of drug-likeness (QED) is 0.616. The highest BCUT2D eigenvalue weighted by Crippen LogP contribution is 2.27. The van der Waals surface area contributed by atoms with Crippen molar-refractivity contribution in [2.45, 2.75) is 51.5 Å². The third-order valence-electron chi connectivity index (χ3n) is 3.39. The lowest BCUT2D eigenvalue weighted by Gasteiger charge is -2.37. The molecule has 1 aliphatic rings. The first-order valence-corrected chi connectivity index (χ1v) is 6.50. The summed E-state index contributed by atoms with van der Waals surface area (Å²) in [5, 5.41) is 4.80. The van der Waals surface area contributed by atoms with Crippen LogP contribution in [0, 0.1) is 5.92 Å². The van der Waals surface area contributed by atoms with Gasteiger partial charge in [0.2, 0.25) is 0 Å². The summed E-state index contributed by atoms with van der Waals surface area (Å²) in [6, 6.07) is 0.695. The SMILES string of the molecule is CC1CCC([N-]CCCCN(C)C)CC1. The normalized spacial score (nSPS) is 27.2. The van der Waals surface area contributed by atoms with Crippen molar-refractivity contribution in [1.82, 2.24) is 4.90 Å². The first-order chi connectivity index (χ1) is 7.18. The monoisotopic (exact) mass is 211 g/mol. The molecule has 1 aliphatic carbocycles. The summed E-state index contributed by atoms with van der Waals surface area (Å²) in [6.45, 7) is 4.66. The Labute approximate surface area is 95.4 Å². The van der Waals surface area contributed by atoms with Gasteiger partial charge in [-0.05, 0) is 33.0 Å². The molecule has 15 heavy (non-hydrogen) atoms. The number of nitrogens with zero attached hydrogens (tertiary/aromatic N) is 2. The van der Waals surface area contributed by atoms with Crippen molar-refractivity contribution in [3.8, 4) is 0 Å². The molecule has 0 spiro atoms. The fraction of sp³-hybridized carbons (Fsp3) is 1.00. The number of unbranched alkanes of at least 4 members (excludes halogenated alkanes) is 1. The molecule has 1 saturated carbocycles. The Bertz CT molecular complexity index is 149. The van der Waals surface area contributed by atoms with Crippen LogP contribution in [-0.4, -0.2) is 38.1 Å². The molecule has 0 bridgehead atoms. The van der Waals surface area contributed by atoms with Crippen molar-refractivity contribution in [3.63, 3.8) is 0 Å². The van der Waals surface area contributed by atoms with Crippen LogP contribution in [0.25, 0.3) is 5.32 Å². The molecule has 2 nitrogen and oxygen atoms in total. The lowest BCUT2D eigenvalue weighted by atomic mass is 9.87. The Morgan fingerprint density at radius 3 is 2.33 bits per heavy atom. The highest BCUT2D eigenvalue weighted by Gasteiger charge is 2.11. The standard InChI is InChI=1S/C13H27N2/c1-12-6-8-13(9-7-12)14-10-4-5-11-15(2)3/h12-13H,4-11H2,1-3H3/q-1. The van der Waals surface area contributed by atoms with Crippen LogP contribution < -0.4 is 0 Å². The third-order valence-corrected chi connectivity index (χ3v) is 3.39. The second-order valence-corrected chi connectivity index (χ2v) is 5.33. The second-order valence-electron chi connectivity index (χ2n) is 5.33. The van der Waals surface area contributed by atoms with Crippen LogP contribution in [0.3, 0.4) is 0 Å². The maximum atomic E-state index is 4.80. The largest absolute Gasteiger partial charge is 0.660 e. The molecular formula is C13H27N2-. The molecule has 0 aliphatic heterocycles. The molecule has 0 aromatic rings. The van der Waals surface area contributed by atoms with Gasteiger partial charge < -0.3 is 10.2 Å². The molecule has 0 N–H and O–H groups in total. The van der Waals surface area contributed by atoms with Crippen LogP contribution in [0.4, 0.5) is 0 Å². The van der Waals surface area contributed by atoms with Crippen LogP contribution in [0.2, 0.25) is 0 Å². The zero-order valence-corrected chi connectivity index (χ0v) is 10.7. The topological polar surface area (TPSA) is 17.3 Å². The van der Waals surface area contributed by atoms with Crippen LogP contribution in [0.1, 0.15) is 45.4 Å². The van der Waals surface area contributed by atoms with Crippen molar-refractivity contribution < 1.29 is 0 Å². The molecule has 1 rings (SSSR count). The zero-order valence-electron chi connectivity index (χ0n) is 10.7. The molecule has 90 valence electrons. The van der Waals surface area contributed by atoms with Gasteiger partial charge in [0.1, 0.15) is 0 Å².